The van der Waals surface area contributed by atoms with Crippen LogP contribution in [0.25, 0.3) is 0 Å². The highest BCUT2D eigenvalue weighted by Crippen LogP contribution is 2.08. The number of hydrogen-bond donors (Lipinski definition) is 1. The van der Waals surface area contributed by atoms with Gasteiger partial charge in [0.2, 0.25) is 5.91 Å². The van der Waals surface area contributed by atoms with Gasteiger partial charge in [-0.3, -0.25) is 4.79 Å². The number of hydrogen-bond acceptors (Lipinski definition) is 3. The van der Waals surface area contributed by atoms with Gasteiger partial charge in [-0.05, 0) is 24.6 Å². The highest BCUT2D eigenvalue weighted by molar-refractivity contribution is 5.77. The third-order valence-electron chi connectivity index (χ3n) is 2.36. The molecule has 2 N–H and O–H groups in total. The van der Waals surface area contributed by atoms with Crippen molar-refractivity contribution in [3.05, 3.63) is 29.8 Å². The van der Waals surface area contributed by atoms with Crippen molar-refractivity contribution in [3.63, 3.8) is 0 Å². The number of nitrogen functional groups attached to an aromatic ring is 1. The van der Waals surface area contributed by atoms with Crippen LogP contribution in [0, 0.1) is 0 Å². The zero-order valence-corrected chi connectivity index (χ0v) is 9.77. The highest BCUT2D eigenvalue weighted by atomic mass is 16.5. The maximum atomic E-state index is 11.6. The summed E-state index contributed by atoms with van der Waals surface area (Å²) in [5.41, 5.74) is 7.40. The lowest BCUT2D eigenvalue weighted by atomic mass is 10.2. The van der Waals surface area contributed by atoms with Gasteiger partial charge in [-0.25, -0.2) is 0 Å². The molecule has 0 radical (unpaired) electrons. The lowest BCUT2D eigenvalue weighted by molar-refractivity contribution is -0.135. The Balaban J connectivity index is 2.62. The molecule has 16 heavy (non-hydrogen) atoms. The maximum Gasteiger partial charge on any atom is 0.248 e. The van der Waals surface area contributed by atoms with E-state index in [1.165, 1.54) is 7.11 Å². The first kappa shape index (κ1) is 12.5. The molecule has 1 aromatic carbocycles. The lowest BCUT2D eigenvalue weighted by Gasteiger charge is -2.20. The number of rotatable bonds is 5. The molecule has 1 amide bonds. The average molecular weight is 222 g/mol. The van der Waals surface area contributed by atoms with Crippen molar-refractivity contribution in [2.24, 2.45) is 0 Å². The molecule has 0 atom stereocenters. The van der Waals surface area contributed by atoms with Gasteiger partial charge in [0.05, 0.1) is 0 Å². The molecule has 0 heterocycles. The fourth-order valence-corrected chi connectivity index (χ4v) is 1.43. The molecule has 1 rings (SSSR count). The van der Waals surface area contributed by atoms with E-state index < -0.39 is 0 Å². The van der Waals surface area contributed by atoms with Gasteiger partial charge in [0.25, 0.3) is 0 Å². The van der Waals surface area contributed by atoms with Crippen LogP contribution in [0.4, 0.5) is 5.69 Å². The second-order valence-corrected chi connectivity index (χ2v) is 3.58. The summed E-state index contributed by atoms with van der Waals surface area (Å²) in [6.45, 7) is 3.35. The number of methoxy groups -OCH3 is 1. The van der Waals surface area contributed by atoms with Crippen LogP contribution in [0.5, 0.6) is 0 Å². The Morgan fingerprint density at radius 1 is 1.38 bits per heavy atom. The van der Waals surface area contributed by atoms with Crippen molar-refractivity contribution in [3.8, 4) is 0 Å². The molecule has 88 valence electrons. The summed E-state index contributed by atoms with van der Waals surface area (Å²) in [4.78, 5) is 13.4. The van der Waals surface area contributed by atoms with Crippen LogP contribution < -0.4 is 5.73 Å². The summed E-state index contributed by atoms with van der Waals surface area (Å²) in [6.07, 6.45) is 0. The number of carbonyl (C=O) groups excluding carboxylic acids is 1. The summed E-state index contributed by atoms with van der Waals surface area (Å²) in [5, 5.41) is 0. The molecule has 1 aromatic rings. The zero-order chi connectivity index (χ0) is 12.0. The van der Waals surface area contributed by atoms with E-state index in [4.69, 9.17) is 10.5 Å². The summed E-state index contributed by atoms with van der Waals surface area (Å²) in [7, 11) is 1.52. The van der Waals surface area contributed by atoms with Crippen molar-refractivity contribution in [2.75, 3.05) is 26.0 Å². The van der Waals surface area contributed by atoms with Gasteiger partial charge in [-0.1, -0.05) is 12.1 Å². The van der Waals surface area contributed by atoms with Crippen molar-refractivity contribution < 1.29 is 9.53 Å². The fourth-order valence-electron chi connectivity index (χ4n) is 1.43. The molecule has 0 spiro atoms. The number of nitrogens with zero attached hydrogens (tertiary/aromatic N) is 1. The molecule has 4 heteroatoms. The van der Waals surface area contributed by atoms with Crippen molar-refractivity contribution in [1.29, 1.82) is 0 Å². The molecule has 0 aliphatic carbocycles. The van der Waals surface area contributed by atoms with Crippen molar-refractivity contribution >= 4 is 11.6 Å². The molecule has 0 aliphatic rings. The molecule has 0 fully saturated rings. The third kappa shape index (κ3) is 3.55. The molecule has 0 unspecified atom stereocenters. The largest absolute Gasteiger partial charge is 0.399 e. The Morgan fingerprint density at radius 2 is 2.00 bits per heavy atom. The molecular formula is C12H18N2O2. The van der Waals surface area contributed by atoms with Gasteiger partial charge >= 0.3 is 0 Å². The number of likely N-dealkylation sites (N-methyl/N-ethyl adjacent to an activating group) is 1. The number of ether oxygens (including phenoxy) is 1. The molecule has 0 aromatic heterocycles. The maximum absolute atomic E-state index is 11.6. The van der Waals surface area contributed by atoms with E-state index in [-0.39, 0.29) is 12.5 Å². The first-order valence-corrected chi connectivity index (χ1v) is 5.28. The summed E-state index contributed by atoms with van der Waals surface area (Å²) < 4.78 is 4.83. The van der Waals surface area contributed by atoms with E-state index in [2.05, 4.69) is 0 Å². The van der Waals surface area contributed by atoms with Crippen LogP contribution in [0.1, 0.15) is 12.5 Å². The molecular weight excluding hydrogens is 204 g/mol. The van der Waals surface area contributed by atoms with E-state index in [0.717, 1.165) is 11.3 Å². The van der Waals surface area contributed by atoms with Crippen LogP contribution in [0.2, 0.25) is 0 Å². The lowest BCUT2D eigenvalue weighted by Crippen LogP contribution is -2.33. The van der Waals surface area contributed by atoms with Gasteiger partial charge < -0.3 is 15.4 Å². The Kier molecular flexibility index (Phi) is 4.79. The second kappa shape index (κ2) is 6.12. The Bertz CT molecular complexity index is 335. The predicted octanol–water partition coefficient (Wildman–Crippen LogP) is 1.26. The predicted molar refractivity (Wildman–Crippen MR) is 63.8 cm³/mol. The molecule has 4 nitrogen and oxygen atoms in total. The number of anilines is 1. The number of carbonyl (C=O) groups is 1. The van der Waals surface area contributed by atoms with E-state index >= 15 is 0 Å². The number of nitrogens with two attached hydrogens (primary N) is 1. The highest BCUT2D eigenvalue weighted by Gasteiger charge is 2.11. The summed E-state index contributed by atoms with van der Waals surface area (Å²) in [5.74, 6) is 0.00169. The number of amides is 1. The van der Waals surface area contributed by atoms with E-state index in [0.29, 0.717) is 13.1 Å². The zero-order valence-electron chi connectivity index (χ0n) is 9.77. The first-order valence-electron chi connectivity index (χ1n) is 5.28. The van der Waals surface area contributed by atoms with Gasteiger partial charge in [0.1, 0.15) is 6.61 Å². The van der Waals surface area contributed by atoms with E-state index in [1.54, 1.807) is 4.90 Å². The Morgan fingerprint density at radius 3 is 2.50 bits per heavy atom. The smallest absolute Gasteiger partial charge is 0.248 e. The Hall–Kier alpha value is -1.55. The van der Waals surface area contributed by atoms with Gasteiger partial charge in [0.15, 0.2) is 0 Å². The Labute approximate surface area is 96.0 Å². The standard InChI is InChI=1S/C12H18N2O2/c1-3-14(12(15)9-16-2)8-10-4-6-11(13)7-5-10/h4-7H,3,8-9,13H2,1-2H3. The topological polar surface area (TPSA) is 55.6 Å². The third-order valence-corrected chi connectivity index (χ3v) is 2.36. The minimum atomic E-state index is 0.00169. The average Bonchev–Trinajstić information content (AvgIpc) is 2.28. The SMILES string of the molecule is CCN(Cc1ccc(N)cc1)C(=O)COC. The van der Waals surface area contributed by atoms with Gasteiger partial charge in [0, 0.05) is 25.9 Å². The molecule has 0 saturated carbocycles. The van der Waals surface area contributed by atoms with Crippen molar-refractivity contribution in [2.45, 2.75) is 13.5 Å². The van der Waals surface area contributed by atoms with Crippen LogP contribution >= 0.6 is 0 Å². The van der Waals surface area contributed by atoms with Gasteiger partial charge in [-0.15, -0.1) is 0 Å². The summed E-state index contributed by atoms with van der Waals surface area (Å²) >= 11 is 0. The molecule has 0 bridgehead atoms. The first-order chi connectivity index (χ1) is 7.67. The molecule has 0 aliphatic heterocycles. The second-order valence-electron chi connectivity index (χ2n) is 3.58. The monoisotopic (exact) mass is 222 g/mol. The quantitative estimate of drug-likeness (QED) is 0.763. The normalized spacial score (nSPS) is 10.1. The van der Waals surface area contributed by atoms with Crippen LogP contribution in [-0.2, 0) is 16.1 Å². The van der Waals surface area contributed by atoms with Crippen LogP contribution in [0.3, 0.4) is 0 Å². The van der Waals surface area contributed by atoms with Crippen molar-refractivity contribution in [1.82, 2.24) is 4.90 Å². The van der Waals surface area contributed by atoms with E-state index in [9.17, 15) is 4.79 Å². The summed E-state index contributed by atoms with van der Waals surface area (Å²) in [6, 6.07) is 7.53. The number of benzene rings is 1. The van der Waals surface area contributed by atoms with Crippen LogP contribution in [0.15, 0.2) is 24.3 Å². The molecule has 0 saturated heterocycles. The van der Waals surface area contributed by atoms with E-state index in [1.807, 2.05) is 31.2 Å². The van der Waals surface area contributed by atoms with Gasteiger partial charge in [-0.2, -0.15) is 0 Å². The minimum Gasteiger partial charge on any atom is -0.399 e. The fraction of sp³-hybridized carbons (Fsp3) is 0.417. The van der Waals surface area contributed by atoms with Crippen LogP contribution in [-0.4, -0.2) is 31.1 Å². The minimum absolute atomic E-state index is 0.00169.